The molecule has 2 N–H and O–H groups in total. The van der Waals surface area contributed by atoms with E-state index < -0.39 is 17.7 Å². The van der Waals surface area contributed by atoms with Gasteiger partial charge in [-0.15, -0.1) is 5.10 Å². The molecule has 8 nitrogen and oxygen atoms in total. The molecule has 1 heterocycles. The van der Waals surface area contributed by atoms with E-state index in [1.807, 2.05) is 19.9 Å². The molecular weight excluding hydrogens is 324 g/mol. The van der Waals surface area contributed by atoms with Crippen molar-refractivity contribution >= 4 is 11.8 Å². The fourth-order valence-electron chi connectivity index (χ4n) is 2.36. The molecule has 0 fully saturated rings. The molecule has 0 unspecified atom stereocenters. The molecule has 0 bridgehead atoms. The van der Waals surface area contributed by atoms with E-state index >= 15 is 0 Å². The van der Waals surface area contributed by atoms with Crippen molar-refractivity contribution in [2.45, 2.75) is 32.9 Å². The zero-order valence-electron chi connectivity index (χ0n) is 14.5. The Morgan fingerprint density at radius 2 is 1.92 bits per heavy atom. The number of nitrogens with zero attached hydrogens (tertiary/aromatic N) is 2. The minimum Gasteiger partial charge on any atom is -0.388 e. The summed E-state index contributed by atoms with van der Waals surface area (Å²) in [7, 11) is 1.51. The van der Waals surface area contributed by atoms with E-state index in [0.717, 1.165) is 4.68 Å². The lowest BCUT2D eigenvalue weighted by molar-refractivity contribution is -0.129. The van der Waals surface area contributed by atoms with Crippen LogP contribution in [0, 0.1) is 5.92 Å². The summed E-state index contributed by atoms with van der Waals surface area (Å²) in [5.41, 5.74) is 0.641. The molecular formula is C17H22N4O4. The maximum Gasteiger partial charge on any atom is 0.437 e. The summed E-state index contributed by atoms with van der Waals surface area (Å²) in [4.78, 5) is 35.9. The number of carbonyl (C=O) groups is 2. The minimum absolute atomic E-state index is 0.142. The topological polar surface area (TPSA) is 106 Å². The summed E-state index contributed by atoms with van der Waals surface area (Å²) >= 11 is 0. The Labute approximate surface area is 145 Å². The third-order valence-corrected chi connectivity index (χ3v) is 3.53. The van der Waals surface area contributed by atoms with Crippen LogP contribution in [0.5, 0.6) is 0 Å². The van der Waals surface area contributed by atoms with Crippen molar-refractivity contribution < 1.29 is 14.0 Å². The van der Waals surface area contributed by atoms with Gasteiger partial charge in [0.15, 0.2) is 0 Å². The van der Waals surface area contributed by atoms with Gasteiger partial charge in [0.25, 0.3) is 0 Å². The second-order valence-corrected chi connectivity index (χ2v) is 6.06. The standard InChI is InChI=1S/C17H22N4O4/c1-11(2)9-13(15(23)18-3)19-14(22)10-21-17(24)25-16(20-21)12-7-5-4-6-8-12/h4-8,11,13H,9-10H2,1-3H3,(H,18,23)(H,19,22)/t13-/m0/s1. The maximum atomic E-state index is 12.2. The average Bonchev–Trinajstić information content (AvgIpc) is 2.94. The van der Waals surface area contributed by atoms with Gasteiger partial charge in [-0.25, -0.2) is 4.79 Å². The molecule has 1 aromatic heterocycles. The number of nitrogens with one attached hydrogen (secondary N) is 2. The van der Waals surface area contributed by atoms with Crippen molar-refractivity contribution in [3.05, 3.63) is 40.9 Å². The van der Waals surface area contributed by atoms with Gasteiger partial charge in [-0.05, 0) is 24.5 Å². The van der Waals surface area contributed by atoms with Crippen molar-refractivity contribution in [1.82, 2.24) is 20.4 Å². The highest BCUT2D eigenvalue weighted by Gasteiger charge is 2.22. The number of benzene rings is 1. The molecule has 2 rings (SSSR count). The minimum atomic E-state index is -0.727. The Morgan fingerprint density at radius 1 is 1.24 bits per heavy atom. The van der Waals surface area contributed by atoms with E-state index in [0.29, 0.717) is 12.0 Å². The summed E-state index contributed by atoms with van der Waals surface area (Å²) in [6.07, 6.45) is 0.494. The zero-order valence-corrected chi connectivity index (χ0v) is 14.5. The quantitative estimate of drug-likeness (QED) is 0.770. The van der Waals surface area contributed by atoms with E-state index in [-0.39, 0.29) is 24.3 Å². The fraction of sp³-hybridized carbons (Fsp3) is 0.412. The summed E-state index contributed by atoms with van der Waals surface area (Å²) in [5, 5.41) is 9.18. The molecule has 0 saturated heterocycles. The van der Waals surface area contributed by atoms with Gasteiger partial charge in [-0.3, -0.25) is 9.59 Å². The first kappa shape index (κ1) is 18.4. The molecule has 0 aliphatic carbocycles. The molecule has 25 heavy (non-hydrogen) atoms. The Hall–Kier alpha value is -2.90. The van der Waals surface area contributed by atoms with Crippen LogP contribution in [0.25, 0.3) is 11.5 Å². The molecule has 1 atom stereocenters. The monoisotopic (exact) mass is 346 g/mol. The fourth-order valence-corrected chi connectivity index (χ4v) is 2.36. The normalized spacial score (nSPS) is 12.0. The summed E-state index contributed by atoms with van der Waals surface area (Å²) in [6.45, 7) is 3.59. The predicted molar refractivity (Wildman–Crippen MR) is 91.7 cm³/mol. The number of rotatable bonds is 7. The molecule has 8 heteroatoms. The SMILES string of the molecule is CNC(=O)[C@H](CC(C)C)NC(=O)Cn1nc(-c2ccccc2)oc1=O. The number of hydrogen-bond donors (Lipinski definition) is 2. The lowest BCUT2D eigenvalue weighted by atomic mass is 10.0. The summed E-state index contributed by atoms with van der Waals surface area (Å²) in [5.74, 6) is -1.12. The van der Waals surface area contributed by atoms with Gasteiger partial charge < -0.3 is 15.1 Å². The number of carbonyl (C=O) groups excluding carboxylic acids is 2. The Morgan fingerprint density at radius 3 is 2.52 bits per heavy atom. The first-order chi connectivity index (χ1) is 11.9. The molecule has 134 valence electrons. The van der Waals surface area contributed by atoms with Crippen LogP contribution in [0.15, 0.2) is 39.5 Å². The predicted octanol–water partition coefficient (Wildman–Crippen LogP) is 0.780. The molecule has 2 aromatic rings. The van der Waals surface area contributed by atoms with E-state index in [1.54, 1.807) is 24.3 Å². The van der Waals surface area contributed by atoms with E-state index in [2.05, 4.69) is 15.7 Å². The van der Waals surface area contributed by atoms with Gasteiger partial charge in [-0.2, -0.15) is 4.68 Å². The third-order valence-electron chi connectivity index (χ3n) is 3.53. The second kappa shape index (κ2) is 8.27. The third kappa shape index (κ3) is 5.03. The van der Waals surface area contributed by atoms with Crippen LogP contribution < -0.4 is 16.4 Å². The molecule has 0 radical (unpaired) electrons. The van der Waals surface area contributed by atoms with Gasteiger partial charge in [0.05, 0.1) is 0 Å². The highest BCUT2D eigenvalue weighted by molar-refractivity contribution is 5.87. The van der Waals surface area contributed by atoms with E-state index in [4.69, 9.17) is 4.42 Å². The number of aromatic nitrogens is 2. The Kier molecular flexibility index (Phi) is 6.10. The van der Waals surface area contributed by atoms with Crippen molar-refractivity contribution in [2.75, 3.05) is 7.05 Å². The molecule has 2 amide bonds. The highest BCUT2D eigenvalue weighted by atomic mass is 16.4. The zero-order chi connectivity index (χ0) is 18.4. The van der Waals surface area contributed by atoms with Crippen LogP contribution in [0.1, 0.15) is 20.3 Å². The lowest BCUT2D eigenvalue weighted by Crippen LogP contribution is -2.47. The number of likely N-dealkylation sites (N-methyl/N-ethyl adjacent to an activating group) is 1. The van der Waals surface area contributed by atoms with Gasteiger partial charge in [0, 0.05) is 12.6 Å². The smallest absolute Gasteiger partial charge is 0.388 e. The van der Waals surface area contributed by atoms with Crippen LogP contribution in [-0.4, -0.2) is 34.7 Å². The highest BCUT2D eigenvalue weighted by Crippen LogP contribution is 2.13. The van der Waals surface area contributed by atoms with Gasteiger partial charge in [-0.1, -0.05) is 32.0 Å². The van der Waals surface area contributed by atoms with Crippen LogP contribution in [-0.2, 0) is 16.1 Å². The molecule has 0 aliphatic heterocycles. The first-order valence-electron chi connectivity index (χ1n) is 8.05. The number of hydrogen-bond acceptors (Lipinski definition) is 5. The Bertz CT molecular complexity index is 779. The average molecular weight is 346 g/mol. The number of amides is 2. The van der Waals surface area contributed by atoms with Gasteiger partial charge >= 0.3 is 5.76 Å². The summed E-state index contributed by atoms with van der Waals surface area (Å²) in [6, 6.07) is 8.26. The molecule has 0 saturated carbocycles. The second-order valence-electron chi connectivity index (χ2n) is 6.06. The van der Waals surface area contributed by atoms with E-state index in [1.165, 1.54) is 7.05 Å². The largest absolute Gasteiger partial charge is 0.437 e. The molecule has 1 aromatic carbocycles. The molecule has 0 spiro atoms. The van der Waals surface area contributed by atoms with E-state index in [9.17, 15) is 14.4 Å². The first-order valence-corrected chi connectivity index (χ1v) is 8.05. The van der Waals surface area contributed by atoms with Crippen molar-refractivity contribution in [2.24, 2.45) is 5.92 Å². The van der Waals surface area contributed by atoms with Gasteiger partial charge in [0.2, 0.25) is 17.7 Å². The van der Waals surface area contributed by atoms with Crippen molar-refractivity contribution in [1.29, 1.82) is 0 Å². The van der Waals surface area contributed by atoms with Crippen LogP contribution >= 0.6 is 0 Å². The van der Waals surface area contributed by atoms with Crippen LogP contribution in [0.3, 0.4) is 0 Å². The van der Waals surface area contributed by atoms with Crippen LogP contribution in [0.2, 0.25) is 0 Å². The van der Waals surface area contributed by atoms with Crippen molar-refractivity contribution in [3.63, 3.8) is 0 Å². The van der Waals surface area contributed by atoms with Crippen LogP contribution in [0.4, 0.5) is 0 Å². The Balaban J connectivity index is 2.08. The lowest BCUT2D eigenvalue weighted by Gasteiger charge is -2.18. The van der Waals surface area contributed by atoms with Crippen molar-refractivity contribution in [3.8, 4) is 11.5 Å². The summed E-state index contributed by atoms with van der Waals surface area (Å²) < 4.78 is 6.02. The maximum absolute atomic E-state index is 12.2. The van der Waals surface area contributed by atoms with Gasteiger partial charge in [0.1, 0.15) is 12.6 Å². The molecule has 0 aliphatic rings.